The molecule has 0 spiro atoms. The van der Waals surface area contributed by atoms with Gasteiger partial charge in [0.05, 0.1) is 6.61 Å². The molecule has 18 heavy (non-hydrogen) atoms. The lowest BCUT2D eigenvalue weighted by Gasteiger charge is -2.23. The van der Waals surface area contributed by atoms with Gasteiger partial charge in [0.1, 0.15) is 0 Å². The van der Waals surface area contributed by atoms with Crippen LogP contribution in [-0.4, -0.2) is 23.3 Å². The van der Waals surface area contributed by atoms with Gasteiger partial charge in [-0.15, -0.1) is 0 Å². The minimum atomic E-state index is -0.662. The minimum absolute atomic E-state index is 0.256. The summed E-state index contributed by atoms with van der Waals surface area (Å²) in [5.41, 5.74) is 0.380. The smallest absolute Gasteiger partial charge is 0.408 e. The number of nitrogens with one attached hydrogen (secondary N) is 1. The Balaban J connectivity index is 2.71. The highest BCUT2D eigenvalue weighted by molar-refractivity contribution is 9.10. The van der Waals surface area contributed by atoms with E-state index in [4.69, 9.17) is 4.74 Å². The van der Waals surface area contributed by atoms with Crippen LogP contribution in [-0.2, 0) is 4.74 Å². The number of rotatable bonds is 3. The van der Waals surface area contributed by atoms with Gasteiger partial charge in [-0.1, -0.05) is 28.1 Å². The van der Waals surface area contributed by atoms with Crippen molar-refractivity contribution in [2.45, 2.75) is 32.4 Å². The van der Waals surface area contributed by atoms with E-state index in [0.717, 1.165) is 10.0 Å². The summed E-state index contributed by atoms with van der Waals surface area (Å²) < 4.78 is 6.07. The second-order valence-electron chi connectivity index (χ2n) is 5.01. The topological polar surface area (TPSA) is 58.6 Å². The van der Waals surface area contributed by atoms with E-state index in [1.807, 2.05) is 39.0 Å². The zero-order valence-corrected chi connectivity index (χ0v) is 12.3. The largest absolute Gasteiger partial charge is 0.439 e. The number of benzene rings is 1. The van der Waals surface area contributed by atoms with Crippen LogP contribution in [0.2, 0.25) is 0 Å². The quantitative estimate of drug-likeness (QED) is 0.901. The average Bonchev–Trinajstić information content (AvgIpc) is 2.23. The molecule has 5 heteroatoms. The molecule has 0 fully saturated rings. The normalized spacial score (nSPS) is 12.9. The van der Waals surface area contributed by atoms with Crippen molar-refractivity contribution in [3.05, 3.63) is 34.3 Å². The van der Waals surface area contributed by atoms with Gasteiger partial charge in [0, 0.05) is 10.0 Å². The summed E-state index contributed by atoms with van der Waals surface area (Å²) in [6.07, 6.45) is -1.20. The average molecular weight is 316 g/mol. The Hall–Kier alpha value is -1.07. The van der Waals surface area contributed by atoms with Crippen LogP contribution in [0, 0.1) is 0 Å². The number of amides is 1. The summed E-state index contributed by atoms with van der Waals surface area (Å²) in [6, 6.07) is 7.31. The highest BCUT2D eigenvalue weighted by Gasteiger charge is 2.20. The van der Waals surface area contributed by atoms with Gasteiger partial charge < -0.3 is 15.2 Å². The number of ether oxygens (including phenoxy) is 1. The first kappa shape index (κ1) is 15.0. The van der Waals surface area contributed by atoms with Crippen LogP contribution in [0.1, 0.15) is 32.4 Å². The van der Waals surface area contributed by atoms with Gasteiger partial charge in [-0.25, -0.2) is 4.79 Å². The second-order valence-corrected chi connectivity index (χ2v) is 5.92. The molecule has 0 aliphatic carbocycles. The van der Waals surface area contributed by atoms with E-state index in [2.05, 4.69) is 21.2 Å². The van der Waals surface area contributed by atoms with E-state index in [9.17, 15) is 9.90 Å². The lowest BCUT2D eigenvalue weighted by molar-refractivity contribution is 0.0529. The van der Waals surface area contributed by atoms with Crippen molar-refractivity contribution in [1.29, 1.82) is 0 Å². The second kappa shape index (κ2) is 6.20. The predicted octanol–water partition coefficient (Wildman–Crippen LogP) is 3.01. The zero-order chi connectivity index (χ0) is 13.8. The first-order valence-corrected chi connectivity index (χ1v) is 6.46. The summed E-state index contributed by atoms with van der Waals surface area (Å²) >= 11 is 3.34. The van der Waals surface area contributed by atoms with E-state index < -0.39 is 12.2 Å². The molecule has 2 N–H and O–H groups in total. The molecule has 0 saturated carbocycles. The third-order valence-electron chi connectivity index (χ3n) is 2.11. The number of carbonyl (C=O) groups is 1. The van der Waals surface area contributed by atoms with Crippen molar-refractivity contribution in [3.8, 4) is 0 Å². The molecule has 1 rings (SSSR count). The van der Waals surface area contributed by atoms with Gasteiger partial charge in [-0.05, 0) is 38.5 Å². The third-order valence-corrected chi connectivity index (χ3v) is 2.61. The fourth-order valence-electron chi connectivity index (χ4n) is 1.38. The molecule has 1 atom stereocenters. The molecule has 4 nitrogen and oxygen atoms in total. The van der Waals surface area contributed by atoms with Crippen LogP contribution >= 0.6 is 15.9 Å². The van der Waals surface area contributed by atoms with E-state index in [1.165, 1.54) is 0 Å². The Morgan fingerprint density at radius 1 is 1.50 bits per heavy atom. The molecule has 0 bridgehead atoms. The van der Waals surface area contributed by atoms with Crippen molar-refractivity contribution in [2.24, 2.45) is 0 Å². The third kappa shape index (κ3) is 5.06. The van der Waals surface area contributed by atoms with Crippen LogP contribution in [0.25, 0.3) is 0 Å². The first-order chi connectivity index (χ1) is 8.31. The molecule has 0 aliphatic rings. The standard InChI is InChI=1S/C13H18BrNO3/c1-13(2,3)15-12(17)18-11(8-16)9-5-4-6-10(14)7-9/h4-7,11,16H,8H2,1-3H3,(H,15,17). The summed E-state index contributed by atoms with van der Waals surface area (Å²) in [5, 5.41) is 12.0. The summed E-state index contributed by atoms with van der Waals surface area (Å²) in [4.78, 5) is 11.6. The highest BCUT2D eigenvalue weighted by atomic mass is 79.9. The number of carbonyl (C=O) groups excluding carboxylic acids is 1. The van der Waals surface area contributed by atoms with E-state index in [-0.39, 0.29) is 12.1 Å². The first-order valence-electron chi connectivity index (χ1n) is 5.67. The Kier molecular flexibility index (Phi) is 5.16. The summed E-state index contributed by atoms with van der Waals surface area (Å²) in [7, 11) is 0. The Morgan fingerprint density at radius 2 is 2.17 bits per heavy atom. The fraction of sp³-hybridized carbons (Fsp3) is 0.462. The van der Waals surface area contributed by atoms with Crippen molar-refractivity contribution in [2.75, 3.05) is 6.61 Å². The summed E-state index contributed by atoms with van der Waals surface area (Å²) in [5.74, 6) is 0. The number of aliphatic hydroxyl groups excluding tert-OH is 1. The molecule has 1 amide bonds. The lowest BCUT2D eigenvalue weighted by Crippen LogP contribution is -2.41. The molecule has 0 radical (unpaired) electrons. The molecule has 0 heterocycles. The number of alkyl carbamates (subject to hydrolysis) is 1. The molecular weight excluding hydrogens is 298 g/mol. The molecule has 1 unspecified atom stereocenters. The monoisotopic (exact) mass is 315 g/mol. The Bertz CT molecular complexity index is 415. The van der Waals surface area contributed by atoms with Crippen LogP contribution in [0.5, 0.6) is 0 Å². The maximum absolute atomic E-state index is 11.6. The Morgan fingerprint density at radius 3 is 2.67 bits per heavy atom. The van der Waals surface area contributed by atoms with Crippen LogP contribution in [0.15, 0.2) is 28.7 Å². The van der Waals surface area contributed by atoms with Crippen molar-refractivity contribution in [3.63, 3.8) is 0 Å². The minimum Gasteiger partial charge on any atom is -0.439 e. The van der Waals surface area contributed by atoms with Crippen molar-refractivity contribution in [1.82, 2.24) is 5.32 Å². The van der Waals surface area contributed by atoms with Gasteiger partial charge in [0.25, 0.3) is 0 Å². The van der Waals surface area contributed by atoms with Gasteiger partial charge in [0.2, 0.25) is 0 Å². The lowest BCUT2D eigenvalue weighted by atomic mass is 10.1. The summed E-state index contributed by atoms with van der Waals surface area (Å²) in [6.45, 7) is 5.33. The zero-order valence-electron chi connectivity index (χ0n) is 10.7. The number of halogens is 1. The van der Waals surface area contributed by atoms with Gasteiger partial charge in [-0.2, -0.15) is 0 Å². The fourth-order valence-corrected chi connectivity index (χ4v) is 1.80. The van der Waals surface area contributed by atoms with Crippen LogP contribution < -0.4 is 5.32 Å². The number of aliphatic hydroxyl groups is 1. The SMILES string of the molecule is CC(C)(C)NC(=O)OC(CO)c1cccc(Br)c1. The highest BCUT2D eigenvalue weighted by Crippen LogP contribution is 2.21. The van der Waals surface area contributed by atoms with Crippen LogP contribution in [0.3, 0.4) is 0 Å². The van der Waals surface area contributed by atoms with Crippen molar-refractivity contribution < 1.29 is 14.6 Å². The maximum atomic E-state index is 11.6. The maximum Gasteiger partial charge on any atom is 0.408 e. The van der Waals surface area contributed by atoms with Gasteiger partial charge in [0.15, 0.2) is 6.10 Å². The van der Waals surface area contributed by atoms with Crippen molar-refractivity contribution >= 4 is 22.0 Å². The van der Waals surface area contributed by atoms with Gasteiger partial charge >= 0.3 is 6.09 Å². The molecule has 0 aliphatic heterocycles. The van der Waals surface area contributed by atoms with Gasteiger partial charge in [-0.3, -0.25) is 0 Å². The Labute approximate surface area is 115 Å². The van der Waals surface area contributed by atoms with E-state index >= 15 is 0 Å². The molecule has 1 aromatic rings. The van der Waals surface area contributed by atoms with Crippen LogP contribution in [0.4, 0.5) is 4.79 Å². The molecule has 0 saturated heterocycles. The predicted molar refractivity (Wildman–Crippen MR) is 73.3 cm³/mol. The molecule has 1 aromatic carbocycles. The van der Waals surface area contributed by atoms with E-state index in [0.29, 0.717) is 0 Å². The molecule has 0 aromatic heterocycles. The molecule has 100 valence electrons. The number of hydrogen-bond donors (Lipinski definition) is 2. The number of hydrogen-bond acceptors (Lipinski definition) is 3. The van der Waals surface area contributed by atoms with E-state index in [1.54, 1.807) is 6.07 Å². The molecular formula is C13H18BrNO3.